The van der Waals surface area contributed by atoms with Crippen LogP contribution in [-0.4, -0.2) is 16.7 Å². The van der Waals surface area contributed by atoms with Gasteiger partial charge in [0.2, 0.25) is 5.88 Å². The summed E-state index contributed by atoms with van der Waals surface area (Å²) in [6.45, 7) is 5.44. The predicted molar refractivity (Wildman–Crippen MR) is 109 cm³/mol. The van der Waals surface area contributed by atoms with E-state index < -0.39 is 11.7 Å². The predicted octanol–water partition coefficient (Wildman–Crippen LogP) is 5.60. The summed E-state index contributed by atoms with van der Waals surface area (Å²) in [6, 6.07) is 23.4. The Labute approximate surface area is 165 Å². The molecular formula is C23H24N2O3. The van der Waals surface area contributed by atoms with Gasteiger partial charge in [0.15, 0.2) is 6.10 Å². The molecule has 0 spiro atoms. The highest BCUT2D eigenvalue weighted by Crippen LogP contribution is 2.27. The Morgan fingerprint density at radius 2 is 1.46 bits per heavy atom. The summed E-state index contributed by atoms with van der Waals surface area (Å²) in [5.41, 5.74) is 2.05. The molecule has 0 aliphatic heterocycles. The molecule has 1 amide bonds. The summed E-state index contributed by atoms with van der Waals surface area (Å²) in [7, 11) is 0. The van der Waals surface area contributed by atoms with Gasteiger partial charge in [-0.1, -0.05) is 60.7 Å². The third-order valence-corrected chi connectivity index (χ3v) is 3.82. The van der Waals surface area contributed by atoms with E-state index in [1.165, 1.54) is 0 Å². The van der Waals surface area contributed by atoms with Crippen LogP contribution in [0.1, 0.15) is 38.0 Å². The van der Waals surface area contributed by atoms with Crippen molar-refractivity contribution in [2.75, 3.05) is 5.32 Å². The van der Waals surface area contributed by atoms with Crippen molar-refractivity contribution in [3.05, 3.63) is 90.1 Å². The number of hydrogen-bond acceptors (Lipinski definition) is 4. The van der Waals surface area contributed by atoms with E-state index in [1.54, 1.807) is 18.3 Å². The van der Waals surface area contributed by atoms with E-state index in [2.05, 4.69) is 10.3 Å². The highest BCUT2D eigenvalue weighted by atomic mass is 16.6. The number of aromatic nitrogens is 1. The molecule has 0 unspecified atom stereocenters. The summed E-state index contributed by atoms with van der Waals surface area (Å²) < 4.78 is 11.4. The fourth-order valence-electron chi connectivity index (χ4n) is 2.65. The maximum absolute atomic E-state index is 11.9. The number of carbonyl (C=O) groups excluding carboxylic acids is 1. The number of carbonyl (C=O) groups is 1. The number of pyridine rings is 1. The Morgan fingerprint density at radius 1 is 0.893 bits per heavy atom. The van der Waals surface area contributed by atoms with Crippen LogP contribution in [0.3, 0.4) is 0 Å². The maximum Gasteiger partial charge on any atom is 0.412 e. The van der Waals surface area contributed by atoms with Crippen molar-refractivity contribution in [2.45, 2.75) is 32.5 Å². The standard InChI is InChI=1S/C23H24N2O3/c1-23(2,3)28-22(26)25-19-14-15-20(24-16-19)27-21(17-10-6-4-7-11-17)18-12-8-5-9-13-18/h4-16,21H,1-3H3,(H,25,26). The number of nitrogens with zero attached hydrogens (tertiary/aromatic N) is 1. The van der Waals surface area contributed by atoms with Crippen molar-refractivity contribution >= 4 is 11.8 Å². The minimum absolute atomic E-state index is 0.278. The molecule has 3 aromatic rings. The molecule has 2 aromatic carbocycles. The summed E-state index contributed by atoms with van der Waals surface area (Å²) >= 11 is 0. The first-order valence-corrected chi connectivity index (χ1v) is 9.13. The van der Waals surface area contributed by atoms with E-state index >= 15 is 0 Å². The van der Waals surface area contributed by atoms with Crippen molar-refractivity contribution < 1.29 is 14.3 Å². The highest BCUT2D eigenvalue weighted by molar-refractivity contribution is 5.84. The van der Waals surface area contributed by atoms with E-state index in [4.69, 9.17) is 9.47 Å². The second-order valence-corrected chi connectivity index (χ2v) is 7.33. The fourth-order valence-corrected chi connectivity index (χ4v) is 2.65. The minimum Gasteiger partial charge on any atom is -0.465 e. The smallest absolute Gasteiger partial charge is 0.412 e. The van der Waals surface area contributed by atoms with Gasteiger partial charge in [0.1, 0.15) is 5.60 Å². The lowest BCUT2D eigenvalue weighted by molar-refractivity contribution is 0.0636. The van der Waals surface area contributed by atoms with Gasteiger partial charge in [0, 0.05) is 6.07 Å². The second kappa shape index (κ2) is 8.57. The molecule has 1 N–H and O–H groups in total. The fraction of sp³-hybridized carbons (Fsp3) is 0.217. The molecule has 3 rings (SSSR count). The van der Waals surface area contributed by atoms with Crippen LogP contribution in [0.2, 0.25) is 0 Å². The number of amides is 1. The number of nitrogens with one attached hydrogen (secondary N) is 1. The summed E-state index contributed by atoms with van der Waals surface area (Å²) in [5.74, 6) is 0.465. The van der Waals surface area contributed by atoms with E-state index in [0.717, 1.165) is 11.1 Å². The molecule has 28 heavy (non-hydrogen) atoms. The molecule has 5 heteroatoms. The van der Waals surface area contributed by atoms with Gasteiger partial charge in [-0.25, -0.2) is 9.78 Å². The van der Waals surface area contributed by atoms with Crippen LogP contribution in [-0.2, 0) is 4.74 Å². The van der Waals surface area contributed by atoms with Crippen LogP contribution >= 0.6 is 0 Å². The highest BCUT2D eigenvalue weighted by Gasteiger charge is 2.18. The Balaban J connectivity index is 1.74. The van der Waals surface area contributed by atoms with Gasteiger partial charge in [-0.3, -0.25) is 5.32 Å². The van der Waals surface area contributed by atoms with Gasteiger partial charge >= 0.3 is 6.09 Å². The van der Waals surface area contributed by atoms with Crippen LogP contribution < -0.4 is 10.1 Å². The molecule has 1 aromatic heterocycles. The second-order valence-electron chi connectivity index (χ2n) is 7.33. The van der Waals surface area contributed by atoms with Crippen molar-refractivity contribution in [1.82, 2.24) is 4.98 Å². The number of anilines is 1. The van der Waals surface area contributed by atoms with E-state index in [1.807, 2.05) is 81.4 Å². The molecular weight excluding hydrogens is 352 g/mol. The third-order valence-electron chi connectivity index (χ3n) is 3.82. The van der Waals surface area contributed by atoms with Gasteiger partial charge in [0.25, 0.3) is 0 Å². The lowest BCUT2D eigenvalue weighted by atomic mass is 10.0. The third kappa shape index (κ3) is 5.58. The first-order chi connectivity index (χ1) is 13.4. The molecule has 0 saturated carbocycles. The summed E-state index contributed by atoms with van der Waals surface area (Å²) in [6.07, 6.45) is 0.751. The first kappa shape index (κ1) is 19.4. The monoisotopic (exact) mass is 376 g/mol. The molecule has 0 aliphatic rings. The molecule has 0 saturated heterocycles. The summed E-state index contributed by atoms with van der Waals surface area (Å²) in [4.78, 5) is 16.2. The minimum atomic E-state index is -0.556. The van der Waals surface area contributed by atoms with E-state index in [9.17, 15) is 4.79 Å². The van der Waals surface area contributed by atoms with Crippen molar-refractivity contribution in [3.8, 4) is 5.88 Å². The number of benzene rings is 2. The van der Waals surface area contributed by atoms with Gasteiger partial charge in [0.05, 0.1) is 11.9 Å². The Hall–Kier alpha value is -3.34. The van der Waals surface area contributed by atoms with Gasteiger partial charge in [-0.2, -0.15) is 0 Å². The average molecular weight is 376 g/mol. The number of rotatable bonds is 5. The molecule has 0 atom stereocenters. The molecule has 144 valence electrons. The Morgan fingerprint density at radius 3 is 1.93 bits per heavy atom. The Kier molecular flexibility index (Phi) is 5.94. The van der Waals surface area contributed by atoms with Crippen molar-refractivity contribution in [1.29, 1.82) is 0 Å². The van der Waals surface area contributed by atoms with Crippen LogP contribution in [0.5, 0.6) is 5.88 Å². The SMILES string of the molecule is CC(C)(C)OC(=O)Nc1ccc(OC(c2ccccc2)c2ccccc2)nc1. The van der Waals surface area contributed by atoms with Gasteiger partial charge in [-0.15, -0.1) is 0 Å². The normalized spacial score (nSPS) is 11.1. The maximum atomic E-state index is 11.9. The molecule has 0 bridgehead atoms. The number of hydrogen-bond donors (Lipinski definition) is 1. The first-order valence-electron chi connectivity index (χ1n) is 9.13. The van der Waals surface area contributed by atoms with Crippen LogP contribution in [0.4, 0.5) is 10.5 Å². The van der Waals surface area contributed by atoms with Crippen LogP contribution in [0.15, 0.2) is 79.0 Å². The lowest BCUT2D eigenvalue weighted by Gasteiger charge is -2.20. The molecule has 1 heterocycles. The van der Waals surface area contributed by atoms with Gasteiger partial charge in [-0.05, 0) is 38.0 Å². The Bertz CT molecular complexity index is 849. The zero-order valence-electron chi connectivity index (χ0n) is 16.3. The average Bonchev–Trinajstić information content (AvgIpc) is 2.67. The zero-order valence-corrected chi connectivity index (χ0v) is 16.3. The van der Waals surface area contributed by atoms with Crippen LogP contribution in [0.25, 0.3) is 0 Å². The van der Waals surface area contributed by atoms with Crippen molar-refractivity contribution in [3.63, 3.8) is 0 Å². The molecule has 5 nitrogen and oxygen atoms in total. The van der Waals surface area contributed by atoms with Crippen molar-refractivity contribution in [2.24, 2.45) is 0 Å². The van der Waals surface area contributed by atoms with E-state index in [-0.39, 0.29) is 6.10 Å². The quantitative estimate of drug-likeness (QED) is 0.630. The summed E-state index contributed by atoms with van der Waals surface area (Å²) in [5, 5.41) is 2.66. The van der Waals surface area contributed by atoms with Gasteiger partial charge < -0.3 is 9.47 Å². The zero-order chi connectivity index (χ0) is 20.0. The molecule has 0 aliphatic carbocycles. The van der Waals surface area contributed by atoms with Crippen LogP contribution in [0, 0.1) is 0 Å². The lowest BCUT2D eigenvalue weighted by Crippen LogP contribution is -2.27. The molecule has 0 radical (unpaired) electrons. The van der Waals surface area contributed by atoms with E-state index in [0.29, 0.717) is 11.6 Å². The molecule has 0 fully saturated rings. The number of ether oxygens (including phenoxy) is 2. The topological polar surface area (TPSA) is 60.5 Å². The largest absolute Gasteiger partial charge is 0.465 e.